The van der Waals surface area contributed by atoms with E-state index in [2.05, 4.69) is 189 Å². The number of hydrogen-bond acceptors (Lipinski definition) is 1. The van der Waals surface area contributed by atoms with Crippen LogP contribution in [0, 0.1) is 5.41 Å². The third kappa shape index (κ3) is 5.61. The quantitative estimate of drug-likeness (QED) is 0.126. The fourth-order valence-electron chi connectivity index (χ4n) is 10.3. The number of benzene rings is 5. The average molecular weight is 778 g/mol. The van der Waals surface area contributed by atoms with E-state index in [1.165, 1.54) is 27.9 Å². The summed E-state index contributed by atoms with van der Waals surface area (Å²) >= 11 is 0. The Kier molecular flexibility index (Phi) is 8.58. The number of hydrogen-bond donors (Lipinski definition) is 0. The fraction of sp³-hybridized carbons (Fsp3) is 0.283. The van der Waals surface area contributed by atoms with Gasteiger partial charge in [-0.1, -0.05) is 139 Å². The first-order valence-corrected chi connectivity index (χ1v) is 24.9. The number of fused-ring (bicyclic) bond motifs is 15. The number of pyridine rings is 1. The van der Waals surface area contributed by atoms with Crippen LogP contribution in [0.2, 0.25) is 19.6 Å². The molecule has 10 rings (SSSR count). The van der Waals surface area contributed by atoms with Crippen LogP contribution in [0.25, 0.3) is 67.0 Å². The number of rotatable bonds is 5. The van der Waals surface area contributed by atoms with Crippen LogP contribution in [0.5, 0.6) is 0 Å². The molecule has 3 aromatic heterocycles. The summed E-state index contributed by atoms with van der Waals surface area (Å²) in [7, 11) is -1.78. The second-order valence-electron chi connectivity index (χ2n) is 18.7. The van der Waals surface area contributed by atoms with E-state index < -0.39 is 8.07 Å². The molecule has 0 N–H and O–H groups in total. The molecule has 290 valence electrons. The Hall–Kier alpha value is -5.52. The molecule has 58 heavy (non-hydrogen) atoms. The maximum Gasteiger partial charge on any atom is 0.304 e. The van der Waals surface area contributed by atoms with Gasteiger partial charge in [-0.2, -0.15) is 13.7 Å². The van der Waals surface area contributed by atoms with Crippen molar-refractivity contribution in [1.82, 2.24) is 4.57 Å². The molecule has 5 aromatic carbocycles. The fourth-order valence-corrected chi connectivity index (χ4v) is 12.0. The number of nitrogens with zero attached hydrogens (tertiary/aromatic N) is 3. The van der Waals surface area contributed by atoms with Gasteiger partial charge >= 0.3 is 5.82 Å². The van der Waals surface area contributed by atoms with Crippen molar-refractivity contribution >= 4 is 51.9 Å². The first kappa shape index (κ1) is 36.8. The summed E-state index contributed by atoms with van der Waals surface area (Å²) in [6.07, 6.45) is 6.49. The molecule has 0 amide bonds. The summed E-state index contributed by atoms with van der Waals surface area (Å²) in [4.78, 5) is 0. The predicted molar refractivity (Wildman–Crippen MR) is 244 cm³/mol. The lowest BCUT2D eigenvalue weighted by molar-refractivity contribution is -0.719. The van der Waals surface area contributed by atoms with Crippen LogP contribution in [-0.2, 0) is 6.42 Å². The monoisotopic (exact) mass is 777 g/mol. The van der Waals surface area contributed by atoms with Gasteiger partial charge in [0.1, 0.15) is 22.5 Å². The van der Waals surface area contributed by atoms with E-state index >= 15 is 0 Å². The van der Waals surface area contributed by atoms with Crippen LogP contribution >= 0.6 is 0 Å². The standard InChI is InChI=1S/C53H55N3OSi/c1-9-53(4,5)35(3)43-32-47-39-22-14-13-21-38(39)40-29-27-36-28-30-42-41-23-15-18-26-48(41)57-51(42)50(36)52-55(34(2)31-46(40)54(47)33-49(43)58(6,7)8)44-24-16-17-25-45(44)56(52)37-19-11-10-12-20-37/h10-26,28,30,32-33,35,40,46H,2,9,27,29,31H2,1,3-8H3/q+2. The molecule has 0 saturated heterocycles. The lowest BCUT2D eigenvalue weighted by Crippen LogP contribution is -2.55. The molecule has 5 heterocycles. The van der Waals surface area contributed by atoms with Gasteiger partial charge < -0.3 is 4.42 Å². The van der Waals surface area contributed by atoms with E-state index in [-0.39, 0.29) is 11.5 Å². The molecule has 0 saturated carbocycles. The van der Waals surface area contributed by atoms with Gasteiger partial charge in [-0.15, -0.1) is 0 Å². The number of para-hydroxylation sites is 4. The van der Waals surface area contributed by atoms with Gasteiger partial charge in [0, 0.05) is 33.5 Å². The second-order valence-corrected chi connectivity index (χ2v) is 23.8. The summed E-state index contributed by atoms with van der Waals surface area (Å²) in [6, 6.07) is 45.0. The normalized spacial score (nSPS) is 17.4. The lowest BCUT2D eigenvalue weighted by Gasteiger charge is -2.36. The molecule has 3 atom stereocenters. The molecule has 0 bridgehead atoms. The van der Waals surface area contributed by atoms with Crippen LogP contribution in [0.1, 0.15) is 81.5 Å². The molecule has 4 nitrogen and oxygen atoms in total. The number of imidazole rings is 1. The summed E-state index contributed by atoms with van der Waals surface area (Å²) in [5.74, 6) is 1.83. The van der Waals surface area contributed by atoms with Gasteiger partial charge in [0.2, 0.25) is 5.69 Å². The summed E-state index contributed by atoms with van der Waals surface area (Å²) < 4.78 is 14.6. The third-order valence-corrected chi connectivity index (χ3v) is 16.1. The zero-order chi connectivity index (χ0) is 40.1. The van der Waals surface area contributed by atoms with Crippen molar-refractivity contribution in [3.8, 4) is 28.3 Å². The highest BCUT2D eigenvalue weighted by Gasteiger charge is 2.46. The number of aromatic nitrogens is 3. The molecule has 0 spiro atoms. The van der Waals surface area contributed by atoms with Crippen LogP contribution in [0.4, 0.5) is 0 Å². The lowest BCUT2D eigenvalue weighted by atomic mass is 9.73. The Bertz CT molecular complexity index is 2920. The van der Waals surface area contributed by atoms with E-state index in [4.69, 9.17) is 11.0 Å². The summed E-state index contributed by atoms with van der Waals surface area (Å²) in [5, 5.41) is 3.88. The molecule has 2 aliphatic heterocycles. The Morgan fingerprint density at radius 1 is 0.862 bits per heavy atom. The molecular weight excluding hydrogens is 723 g/mol. The minimum absolute atomic E-state index is 0.187. The Labute approximate surface area is 344 Å². The van der Waals surface area contributed by atoms with E-state index in [1.807, 2.05) is 0 Å². The largest absolute Gasteiger partial charge is 0.455 e. The van der Waals surface area contributed by atoms with Gasteiger partial charge in [-0.25, -0.2) is 0 Å². The zero-order valence-electron chi connectivity index (χ0n) is 35.1. The van der Waals surface area contributed by atoms with Crippen molar-refractivity contribution in [2.45, 2.75) is 90.9 Å². The second kappa shape index (κ2) is 13.5. The molecule has 0 fully saturated rings. The van der Waals surface area contributed by atoms with Crippen molar-refractivity contribution < 1.29 is 13.6 Å². The minimum Gasteiger partial charge on any atom is -0.455 e. The topological polar surface area (TPSA) is 25.8 Å². The highest BCUT2D eigenvalue weighted by Crippen LogP contribution is 2.48. The molecular formula is C53H55N3OSi+2. The van der Waals surface area contributed by atoms with Gasteiger partial charge in [0.25, 0.3) is 0 Å². The van der Waals surface area contributed by atoms with Crippen molar-refractivity contribution in [3.63, 3.8) is 0 Å². The molecule has 8 aromatic rings. The van der Waals surface area contributed by atoms with Crippen LogP contribution < -0.4 is 14.3 Å². The van der Waals surface area contributed by atoms with Crippen molar-refractivity contribution in [3.05, 3.63) is 151 Å². The van der Waals surface area contributed by atoms with Crippen molar-refractivity contribution in [2.75, 3.05) is 0 Å². The van der Waals surface area contributed by atoms with Gasteiger partial charge in [-0.05, 0) is 77.3 Å². The van der Waals surface area contributed by atoms with Crippen LogP contribution in [-0.4, -0.2) is 12.6 Å². The van der Waals surface area contributed by atoms with Gasteiger partial charge in [0.15, 0.2) is 28.9 Å². The van der Waals surface area contributed by atoms with Crippen molar-refractivity contribution in [2.24, 2.45) is 5.41 Å². The Balaban J connectivity index is 1.27. The summed E-state index contributed by atoms with van der Waals surface area (Å²) in [5.41, 5.74) is 14.7. The number of furan rings is 1. The molecule has 2 aliphatic rings. The highest BCUT2D eigenvalue weighted by atomic mass is 28.3. The van der Waals surface area contributed by atoms with E-state index in [1.54, 1.807) is 5.19 Å². The zero-order valence-corrected chi connectivity index (χ0v) is 36.1. The van der Waals surface area contributed by atoms with Gasteiger partial charge in [-0.3, -0.25) is 0 Å². The van der Waals surface area contributed by atoms with Gasteiger partial charge in [0.05, 0.1) is 14.5 Å². The predicted octanol–water partition coefficient (Wildman–Crippen LogP) is 12.7. The highest BCUT2D eigenvalue weighted by molar-refractivity contribution is 6.89. The Morgan fingerprint density at radius 2 is 1.59 bits per heavy atom. The smallest absolute Gasteiger partial charge is 0.304 e. The molecule has 3 unspecified atom stereocenters. The van der Waals surface area contributed by atoms with E-state index in [0.29, 0.717) is 11.8 Å². The van der Waals surface area contributed by atoms with Crippen LogP contribution in [0.15, 0.2) is 139 Å². The summed E-state index contributed by atoms with van der Waals surface area (Å²) in [6.45, 7) is 22.4. The average Bonchev–Trinajstić information content (AvgIpc) is 3.78. The van der Waals surface area contributed by atoms with Crippen molar-refractivity contribution in [1.29, 1.82) is 0 Å². The SMILES string of the molecule is C=C1CC2C(CCc3ccc4c(oc5ccccc54)c3-c3n(-c4ccccc4)c4ccccc4[n+]31)c1ccccc1-c1cc(C(C)C(C)(C)CC)c([Si](C)(C)C)c[n+]12. The molecule has 0 radical (unpaired) electrons. The minimum atomic E-state index is -1.78. The van der Waals surface area contributed by atoms with E-state index in [0.717, 1.165) is 81.4 Å². The molecule has 0 aliphatic carbocycles. The van der Waals surface area contributed by atoms with Crippen LogP contribution in [0.3, 0.4) is 0 Å². The molecule has 5 heteroatoms. The Morgan fingerprint density at radius 3 is 2.38 bits per heavy atom. The third-order valence-electron chi connectivity index (χ3n) is 14.1. The number of allylic oxidation sites excluding steroid dienone is 1. The van der Waals surface area contributed by atoms with E-state index in [9.17, 15) is 0 Å². The number of aryl methyl sites for hydroxylation is 1. The maximum absolute atomic E-state index is 6.96. The first-order valence-electron chi connectivity index (χ1n) is 21.4. The first-order chi connectivity index (χ1) is 28.0. The maximum atomic E-state index is 6.96.